The number of ether oxygens (including phenoxy) is 1. The molecule has 1 aliphatic heterocycles. The summed E-state index contributed by atoms with van der Waals surface area (Å²) in [4.78, 5) is 13.6. The van der Waals surface area contributed by atoms with E-state index in [1.54, 1.807) is 19.2 Å². The summed E-state index contributed by atoms with van der Waals surface area (Å²) in [6, 6.07) is 3.29. The highest BCUT2D eigenvalue weighted by Gasteiger charge is 2.33. The van der Waals surface area contributed by atoms with E-state index in [1.165, 1.54) is 4.90 Å². The van der Waals surface area contributed by atoms with Crippen molar-refractivity contribution in [1.82, 2.24) is 4.90 Å². The third kappa shape index (κ3) is 3.34. The molecule has 1 aliphatic rings. The Morgan fingerprint density at radius 3 is 2.74 bits per heavy atom. The van der Waals surface area contributed by atoms with Crippen molar-refractivity contribution in [3.05, 3.63) is 23.7 Å². The maximum absolute atomic E-state index is 12.1. The van der Waals surface area contributed by atoms with E-state index in [0.29, 0.717) is 31.8 Å². The van der Waals surface area contributed by atoms with Crippen LogP contribution in [0.3, 0.4) is 0 Å². The largest absolute Gasteiger partial charge is 0.455 e. The van der Waals surface area contributed by atoms with Gasteiger partial charge in [-0.1, -0.05) is 0 Å². The number of nitrogens with two attached hydrogens (primary N) is 1. The number of rotatable bonds is 4. The van der Waals surface area contributed by atoms with Crippen molar-refractivity contribution >= 4 is 5.91 Å². The molecule has 0 radical (unpaired) electrons. The second-order valence-corrected chi connectivity index (χ2v) is 4.97. The van der Waals surface area contributed by atoms with Crippen LogP contribution in [-0.4, -0.2) is 48.3 Å². The minimum Gasteiger partial charge on any atom is -0.455 e. The molecule has 2 rings (SSSR count). The third-order valence-electron chi connectivity index (χ3n) is 3.38. The number of furan rings is 1. The van der Waals surface area contributed by atoms with Gasteiger partial charge in [0.25, 0.3) is 5.91 Å². The van der Waals surface area contributed by atoms with Crippen LogP contribution >= 0.6 is 0 Å². The molecular formula is C13H20N2O4. The van der Waals surface area contributed by atoms with Crippen molar-refractivity contribution in [3.8, 4) is 0 Å². The van der Waals surface area contributed by atoms with Gasteiger partial charge >= 0.3 is 0 Å². The van der Waals surface area contributed by atoms with Crippen LogP contribution in [-0.2, 0) is 11.3 Å². The van der Waals surface area contributed by atoms with Crippen molar-refractivity contribution < 1.29 is 19.1 Å². The molecule has 6 nitrogen and oxygen atoms in total. The van der Waals surface area contributed by atoms with Crippen LogP contribution in [0.5, 0.6) is 0 Å². The Balaban J connectivity index is 1.98. The highest BCUT2D eigenvalue weighted by molar-refractivity contribution is 5.91. The number of carbonyl (C=O) groups is 1. The van der Waals surface area contributed by atoms with Crippen molar-refractivity contribution in [2.75, 3.05) is 26.8 Å². The number of carbonyl (C=O) groups excluding carboxylic acids is 1. The van der Waals surface area contributed by atoms with E-state index in [4.69, 9.17) is 14.9 Å². The van der Waals surface area contributed by atoms with E-state index >= 15 is 0 Å². The zero-order valence-corrected chi connectivity index (χ0v) is 11.1. The molecule has 1 fully saturated rings. The number of hydrogen-bond donors (Lipinski definition) is 2. The van der Waals surface area contributed by atoms with Gasteiger partial charge in [0.1, 0.15) is 5.76 Å². The third-order valence-corrected chi connectivity index (χ3v) is 3.38. The fourth-order valence-electron chi connectivity index (χ4n) is 2.21. The molecular weight excluding hydrogens is 248 g/mol. The summed E-state index contributed by atoms with van der Waals surface area (Å²) in [6.45, 7) is 1.58. The Kier molecular flexibility index (Phi) is 4.24. The highest BCUT2D eigenvalue weighted by atomic mass is 16.5. The summed E-state index contributed by atoms with van der Waals surface area (Å²) in [7, 11) is 1.65. The first-order valence-corrected chi connectivity index (χ1v) is 6.38. The van der Waals surface area contributed by atoms with E-state index in [-0.39, 0.29) is 24.8 Å². The van der Waals surface area contributed by atoms with Crippen LogP contribution in [0.2, 0.25) is 0 Å². The van der Waals surface area contributed by atoms with Crippen molar-refractivity contribution in [2.24, 2.45) is 5.73 Å². The minimum atomic E-state index is -0.869. The van der Waals surface area contributed by atoms with Gasteiger partial charge in [-0.25, -0.2) is 0 Å². The van der Waals surface area contributed by atoms with Gasteiger partial charge in [-0.05, 0) is 12.1 Å². The summed E-state index contributed by atoms with van der Waals surface area (Å²) < 4.78 is 10.5. The number of hydrogen-bond acceptors (Lipinski definition) is 5. The van der Waals surface area contributed by atoms with E-state index in [1.807, 2.05) is 0 Å². The minimum absolute atomic E-state index is 0.249. The Bertz CT molecular complexity index is 438. The number of nitrogens with zero attached hydrogens (tertiary/aromatic N) is 1. The Hall–Kier alpha value is -1.37. The molecule has 1 amide bonds. The van der Waals surface area contributed by atoms with Crippen LogP contribution in [0.15, 0.2) is 16.5 Å². The molecule has 0 aliphatic carbocycles. The summed E-state index contributed by atoms with van der Waals surface area (Å²) in [6.07, 6.45) is 1.08. The summed E-state index contributed by atoms with van der Waals surface area (Å²) in [5, 5.41) is 10.4. The van der Waals surface area contributed by atoms with Gasteiger partial charge in [0, 0.05) is 39.6 Å². The molecule has 3 N–H and O–H groups in total. The lowest BCUT2D eigenvalue weighted by Gasteiger charge is -2.35. The van der Waals surface area contributed by atoms with Gasteiger partial charge in [-0.2, -0.15) is 0 Å². The quantitative estimate of drug-likeness (QED) is 0.822. The predicted molar refractivity (Wildman–Crippen MR) is 68.6 cm³/mol. The lowest BCUT2D eigenvalue weighted by molar-refractivity contribution is -0.0736. The van der Waals surface area contributed by atoms with Gasteiger partial charge < -0.3 is 24.9 Å². The van der Waals surface area contributed by atoms with Gasteiger partial charge in [0.05, 0.1) is 12.1 Å². The number of aliphatic hydroxyl groups is 1. The zero-order valence-electron chi connectivity index (χ0n) is 11.1. The summed E-state index contributed by atoms with van der Waals surface area (Å²) >= 11 is 0. The SMILES string of the molecule is CN(CC1(O)CCOCC1)C(=O)c1ccc(CN)o1. The maximum atomic E-state index is 12.1. The second kappa shape index (κ2) is 5.73. The molecule has 19 heavy (non-hydrogen) atoms. The Morgan fingerprint density at radius 2 is 2.16 bits per heavy atom. The average Bonchev–Trinajstić information content (AvgIpc) is 2.86. The van der Waals surface area contributed by atoms with Crippen LogP contribution in [0.25, 0.3) is 0 Å². The van der Waals surface area contributed by atoms with Crippen molar-refractivity contribution in [1.29, 1.82) is 0 Å². The molecule has 0 saturated carbocycles. The van der Waals surface area contributed by atoms with E-state index < -0.39 is 5.60 Å². The Morgan fingerprint density at radius 1 is 1.47 bits per heavy atom. The number of amides is 1. The Labute approximate surface area is 112 Å². The highest BCUT2D eigenvalue weighted by Crippen LogP contribution is 2.22. The topological polar surface area (TPSA) is 88.9 Å². The first kappa shape index (κ1) is 14.0. The van der Waals surface area contributed by atoms with Gasteiger partial charge in [-0.3, -0.25) is 4.79 Å². The zero-order chi connectivity index (χ0) is 13.9. The fraction of sp³-hybridized carbons (Fsp3) is 0.615. The van der Waals surface area contributed by atoms with Gasteiger partial charge in [0.15, 0.2) is 5.76 Å². The molecule has 0 atom stereocenters. The first-order valence-electron chi connectivity index (χ1n) is 6.38. The van der Waals surface area contributed by atoms with Crippen molar-refractivity contribution in [3.63, 3.8) is 0 Å². The molecule has 1 saturated heterocycles. The van der Waals surface area contributed by atoms with Crippen LogP contribution in [0.1, 0.15) is 29.2 Å². The molecule has 106 valence electrons. The lowest BCUT2D eigenvalue weighted by Crippen LogP contribution is -2.47. The summed E-state index contributed by atoms with van der Waals surface area (Å²) in [5.74, 6) is 0.569. The van der Waals surface area contributed by atoms with E-state index in [2.05, 4.69) is 0 Å². The smallest absolute Gasteiger partial charge is 0.289 e. The van der Waals surface area contributed by atoms with Crippen LogP contribution in [0, 0.1) is 0 Å². The standard InChI is InChI=1S/C13H20N2O4/c1-15(9-13(17)4-6-18-7-5-13)12(16)11-3-2-10(8-14)19-11/h2-3,17H,4-9,14H2,1H3. The molecule has 0 bridgehead atoms. The summed E-state index contributed by atoms with van der Waals surface area (Å²) in [5.41, 5.74) is 4.57. The van der Waals surface area contributed by atoms with Gasteiger partial charge in [0.2, 0.25) is 0 Å². The maximum Gasteiger partial charge on any atom is 0.289 e. The molecule has 0 unspecified atom stereocenters. The lowest BCUT2D eigenvalue weighted by atomic mass is 9.94. The molecule has 6 heteroatoms. The fourth-order valence-corrected chi connectivity index (χ4v) is 2.21. The number of likely N-dealkylation sites (N-methyl/N-ethyl adjacent to an activating group) is 1. The van der Waals surface area contributed by atoms with E-state index in [9.17, 15) is 9.90 Å². The molecule has 1 aromatic rings. The monoisotopic (exact) mass is 268 g/mol. The molecule has 2 heterocycles. The van der Waals surface area contributed by atoms with Crippen molar-refractivity contribution in [2.45, 2.75) is 25.0 Å². The first-order chi connectivity index (χ1) is 9.04. The van der Waals surface area contributed by atoms with Crippen LogP contribution in [0.4, 0.5) is 0 Å². The predicted octanol–water partition coefficient (Wildman–Crippen LogP) is 0.352. The van der Waals surface area contributed by atoms with E-state index in [0.717, 1.165) is 0 Å². The molecule has 1 aromatic heterocycles. The van der Waals surface area contributed by atoms with Crippen LogP contribution < -0.4 is 5.73 Å². The molecule has 0 spiro atoms. The normalized spacial score (nSPS) is 18.3. The van der Waals surface area contributed by atoms with Gasteiger partial charge in [-0.15, -0.1) is 0 Å². The second-order valence-electron chi connectivity index (χ2n) is 4.97. The average molecular weight is 268 g/mol. The molecule has 0 aromatic carbocycles.